The maximum atomic E-state index is 12.6. The standard InChI is InChI=1S/C21H34ClN5O4/c1-18(2)9-13(10-19(3,4)26(18)28)30-16-23-15(22)24-17(25-16)31-14-11-20(5,6)27(29)21(7,8)12-14/h13-14H,9-12H2,1-8H3. The fourth-order valence-electron chi connectivity index (χ4n) is 5.23. The van der Waals surface area contributed by atoms with Gasteiger partial charge in [0.1, 0.15) is 12.2 Å². The molecule has 2 saturated heterocycles. The highest BCUT2D eigenvalue weighted by atomic mass is 35.5. The molecule has 0 bridgehead atoms. The normalized spacial score (nSPS) is 26.5. The summed E-state index contributed by atoms with van der Waals surface area (Å²) < 4.78 is 12.1. The molecule has 2 radical (unpaired) electrons. The first-order valence-corrected chi connectivity index (χ1v) is 11.1. The van der Waals surface area contributed by atoms with Gasteiger partial charge in [-0.1, -0.05) is 0 Å². The first kappa shape index (κ1) is 24.4. The summed E-state index contributed by atoms with van der Waals surface area (Å²) in [5.74, 6) is 0. The number of halogens is 1. The molecule has 1 aromatic heterocycles. The smallest absolute Gasteiger partial charge is 0.324 e. The molecule has 0 aliphatic carbocycles. The van der Waals surface area contributed by atoms with Crippen LogP contribution in [0, 0.1) is 0 Å². The number of rotatable bonds is 4. The van der Waals surface area contributed by atoms with Crippen molar-refractivity contribution in [1.82, 2.24) is 25.1 Å². The second kappa shape index (κ2) is 7.95. The topological polar surface area (TPSA) is 103 Å². The summed E-state index contributed by atoms with van der Waals surface area (Å²) in [6, 6.07) is 0.150. The number of nitrogens with zero attached hydrogens (tertiary/aromatic N) is 5. The van der Waals surface area contributed by atoms with E-state index in [0.29, 0.717) is 25.7 Å². The molecule has 0 saturated carbocycles. The maximum absolute atomic E-state index is 12.6. The largest absolute Gasteiger partial charge is 0.460 e. The predicted molar refractivity (Wildman–Crippen MR) is 114 cm³/mol. The number of ether oxygens (including phenoxy) is 2. The SMILES string of the molecule is CC1(C)CC(Oc2nc(Cl)nc(OC3CC(C)(C)N([O])C(C)(C)C3)n2)CC(C)(C)N1[O]. The summed E-state index contributed by atoms with van der Waals surface area (Å²) in [6.07, 6.45) is 1.63. The van der Waals surface area contributed by atoms with Gasteiger partial charge in [0.2, 0.25) is 5.28 Å². The molecule has 0 atom stereocenters. The highest BCUT2D eigenvalue weighted by Crippen LogP contribution is 2.40. The molecule has 2 fully saturated rings. The van der Waals surface area contributed by atoms with Gasteiger partial charge in [-0.15, -0.1) is 25.5 Å². The second-order valence-corrected chi connectivity index (χ2v) is 11.6. The van der Waals surface area contributed by atoms with Crippen LogP contribution < -0.4 is 9.47 Å². The summed E-state index contributed by atoms with van der Waals surface area (Å²) in [4.78, 5) is 12.5. The third-order valence-corrected chi connectivity index (χ3v) is 6.39. The molecule has 2 aliphatic rings. The van der Waals surface area contributed by atoms with Crippen molar-refractivity contribution in [1.29, 1.82) is 0 Å². The molecule has 31 heavy (non-hydrogen) atoms. The highest BCUT2D eigenvalue weighted by molar-refractivity contribution is 6.28. The molecule has 1 aromatic rings. The minimum absolute atomic E-state index is 0.0282. The van der Waals surface area contributed by atoms with Crippen molar-refractivity contribution in [3.63, 3.8) is 0 Å². The second-order valence-electron chi connectivity index (χ2n) is 11.3. The van der Waals surface area contributed by atoms with Gasteiger partial charge in [-0.05, 0) is 67.0 Å². The van der Waals surface area contributed by atoms with Gasteiger partial charge in [-0.25, -0.2) is 0 Å². The van der Waals surface area contributed by atoms with Crippen molar-refractivity contribution >= 4 is 11.6 Å². The van der Waals surface area contributed by atoms with Crippen LogP contribution in [0.4, 0.5) is 0 Å². The summed E-state index contributed by atoms with van der Waals surface area (Å²) in [6.45, 7) is 15.2. The lowest BCUT2D eigenvalue weighted by atomic mass is 9.80. The van der Waals surface area contributed by atoms with Gasteiger partial charge in [0.25, 0.3) is 0 Å². The molecule has 9 nitrogen and oxygen atoms in total. The van der Waals surface area contributed by atoms with Crippen molar-refractivity contribution in [3.05, 3.63) is 5.28 Å². The Hall–Kier alpha value is -1.26. The average molecular weight is 456 g/mol. The third kappa shape index (κ3) is 5.22. The monoisotopic (exact) mass is 455 g/mol. The quantitative estimate of drug-likeness (QED) is 0.675. The lowest BCUT2D eigenvalue weighted by Crippen LogP contribution is -2.60. The van der Waals surface area contributed by atoms with E-state index in [9.17, 15) is 10.4 Å². The van der Waals surface area contributed by atoms with Crippen LogP contribution in [0.3, 0.4) is 0 Å². The fourth-order valence-corrected chi connectivity index (χ4v) is 5.37. The molecule has 0 amide bonds. The summed E-state index contributed by atoms with van der Waals surface area (Å²) >= 11 is 6.12. The maximum Gasteiger partial charge on any atom is 0.324 e. The fraction of sp³-hybridized carbons (Fsp3) is 0.857. The lowest BCUT2D eigenvalue weighted by Gasteiger charge is -2.49. The summed E-state index contributed by atoms with van der Waals surface area (Å²) in [7, 11) is 0. The van der Waals surface area contributed by atoms with E-state index in [0.717, 1.165) is 10.1 Å². The molecule has 3 rings (SSSR count). The lowest BCUT2D eigenvalue weighted by molar-refractivity contribution is -0.297. The third-order valence-electron chi connectivity index (χ3n) is 6.22. The Labute approximate surface area is 189 Å². The van der Waals surface area contributed by atoms with Crippen LogP contribution in [-0.2, 0) is 10.4 Å². The van der Waals surface area contributed by atoms with Gasteiger partial charge in [-0.3, -0.25) is 0 Å². The zero-order valence-electron chi connectivity index (χ0n) is 19.7. The highest BCUT2D eigenvalue weighted by Gasteiger charge is 2.48. The Morgan fingerprint density at radius 2 is 0.968 bits per heavy atom. The van der Waals surface area contributed by atoms with E-state index < -0.39 is 22.2 Å². The predicted octanol–water partition coefficient (Wildman–Crippen LogP) is 4.02. The van der Waals surface area contributed by atoms with Crippen LogP contribution in [0.2, 0.25) is 5.28 Å². The van der Waals surface area contributed by atoms with E-state index in [1.54, 1.807) is 0 Å². The minimum Gasteiger partial charge on any atom is -0.460 e. The molecular weight excluding hydrogens is 422 g/mol. The van der Waals surface area contributed by atoms with Crippen LogP contribution >= 0.6 is 11.6 Å². The van der Waals surface area contributed by atoms with Gasteiger partial charge in [0.15, 0.2) is 0 Å². The van der Waals surface area contributed by atoms with E-state index in [2.05, 4.69) is 15.0 Å². The Balaban J connectivity index is 1.75. The first-order valence-electron chi connectivity index (χ1n) is 10.7. The van der Waals surface area contributed by atoms with Crippen LogP contribution in [-0.4, -0.2) is 59.4 Å². The van der Waals surface area contributed by atoms with Gasteiger partial charge in [0.05, 0.1) is 0 Å². The van der Waals surface area contributed by atoms with E-state index >= 15 is 0 Å². The van der Waals surface area contributed by atoms with Crippen molar-refractivity contribution in [2.45, 2.75) is 115 Å². The van der Waals surface area contributed by atoms with Gasteiger partial charge < -0.3 is 9.47 Å². The van der Waals surface area contributed by atoms with E-state index in [1.165, 1.54) is 0 Å². The molecular formula is C21H34ClN5O4. The molecule has 10 heteroatoms. The van der Waals surface area contributed by atoms with Crippen molar-refractivity contribution in [2.75, 3.05) is 0 Å². The van der Waals surface area contributed by atoms with E-state index in [-0.39, 0.29) is 29.5 Å². The zero-order valence-corrected chi connectivity index (χ0v) is 20.5. The number of hydrogen-bond acceptors (Lipinski definition) is 7. The Kier molecular flexibility index (Phi) is 6.25. The Morgan fingerprint density at radius 3 is 1.26 bits per heavy atom. The number of aromatic nitrogens is 3. The molecule has 0 unspecified atom stereocenters. The van der Waals surface area contributed by atoms with Gasteiger partial charge in [-0.2, -0.15) is 9.97 Å². The molecule has 0 N–H and O–H groups in total. The van der Waals surface area contributed by atoms with Gasteiger partial charge >= 0.3 is 12.0 Å². The summed E-state index contributed by atoms with van der Waals surface area (Å²) in [5, 5.41) is 27.4. The molecule has 0 spiro atoms. The van der Waals surface area contributed by atoms with Crippen LogP contribution in [0.5, 0.6) is 12.0 Å². The Bertz CT molecular complexity index is 719. The van der Waals surface area contributed by atoms with Crippen molar-refractivity contribution < 1.29 is 19.9 Å². The first-order chi connectivity index (χ1) is 14.0. The van der Waals surface area contributed by atoms with E-state index in [4.69, 9.17) is 21.1 Å². The van der Waals surface area contributed by atoms with Crippen molar-refractivity contribution in [2.24, 2.45) is 0 Å². The molecule has 0 aromatic carbocycles. The van der Waals surface area contributed by atoms with Crippen LogP contribution in [0.15, 0.2) is 0 Å². The zero-order chi connectivity index (χ0) is 23.4. The number of hydrogen-bond donors (Lipinski definition) is 0. The summed E-state index contributed by atoms with van der Waals surface area (Å²) in [5.41, 5.74) is -2.31. The van der Waals surface area contributed by atoms with Crippen LogP contribution in [0.25, 0.3) is 0 Å². The Morgan fingerprint density at radius 1 is 0.677 bits per heavy atom. The molecule has 2 aliphatic heterocycles. The molecule has 174 valence electrons. The number of piperidine rings is 2. The van der Waals surface area contributed by atoms with Crippen molar-refractivity contribution in [3.8, 4) is 12.0 Å². The number of hydroxylamine groups is 4. The van der Waals surface area contributed by atoms with Gasteiger partial charge in [0, 0.05) is 47.8 Å². The van der Waals surface area contributed by atoms with E-state index in [1.807, 2.05) is 55.4 Å². The average Bonchev–Trinajstić information content (AvgIpc) is 2.56. The molecule has 3 heterocycles. The minimum atomic E-state index is -0.577. The van der Waals surface area contributed by atoms with Crippen LogP contribution in [0.1, 0.15) is 81.1 Å².